The van der Waals surface area contributed by atoms with Gasteiger partial charge < -0.3 is 19.9 Å². The third-order valence-corrected chi connectivity index (χ3v) is 4.77. The smallest absolute Gasteiger partial charge is 0.410 e. The largest absolute Gasteiger partial charge is 0.444 e. The summed E-state index contributed by atoms with van der Waals surface area (Å²) in [4.78, 5) is 28.0. The van der Waals surface area contributed by atoms with E-state index in [9.17, 15) is 9.59 Å². The number of hydrogen-bond acceptors (Lipinski definition) is 3. The first-order valence-electron chi connectivity index (χ1n) is 9.81. The number of hydrogen-bond donors (Lipinski definition) is 1. The number of ether oxygens (including phenoxy) is 1. The van der Waals surface area contributed by atoms with Gasteiger partial charge in [-0.15, -0.1) is 0 Å². The van der Waals surface area contributed by atoms with Crippen LogP contribution in [0.25, 0.3) is 10.8 Å². The van der Waals surface area contributed by atoms with Crippen LogP contribution in [-0.2, 0) is 11.2 Å². The van der Waals surface area contributed by atoms with Crippen LogP contribution in [0, 0.1) is 0 Å². The fourth-order valence-electron chi connectivity index (χ4n) is 3.34. The third-order valence-electron chi connectivity index (χ3n) is 4.77. The van der Waals surface area contributed by atoms with Gasteiger partial charge in [-0.1, -0.05) is 42.5 Å². The van der Waals surface area contributed by atoms with Crippen molar-refractivity contribution in [2.24, 2.45) is 0 Å². The van der Waals surface area contributed by atoms with E-state index in [1.807, 2.05) is 32.9 Å². The maximum Gasteiger partial charge on any atom is 0.410 e. The maximum atomic E-state index is 12.4. The lowest BCUT2D eigenvalue weighted by Crippen LogP contribution is -2.54. The van der Waals surface area contributed by atoms with Crippen LogP contribution in [0.4, 0.5) is 9.59 Å². The number of nitrogens with zero attached hydrogens (tertiary/aromatic N) is 2. The minimum Gasteiger partial charge on any atom is -0.444 e. The molecule has 150 valence electrons. The summed E-state index contributed by atoms with van der Waals surface area (Å²) >= 11 is 0. The Kier molecular flexibility index (Phi) is 6.07. The number of piperazine rings is 1. The fraction of sp³-hybridized carbons (Fsp3) is 0.455. The van der Waals surface area contributed by atoms with Gasteiger partial charge in [0.1, 0.15) is 5.60 Å². The number of nitrogens with one attached hydrogen (secondary N) is 1. The van der Waals surface area contributed by atoms with Gasteiger partial charge in [0.2, 0.25) is 0 Å². The molecule has 1 fully saturated rings. The van der Waals surface area contributed by atoms with E-state index in [2.05, 4.69) is 35.6 Å². The molecular formula is C22H29N3O3. The molecule has 0 radical (unpaired) electrons. The topological polar surface area (TPSA) is 61.9 Å². The number of rotatable bonds is 3. The summed E-state index contributed by atoms with van der Waals surface area (Å²) in [5.74, 6) is 0. The summed E-state index contributed by atoms with van der Waals surface area (Å²) < 4.78 is 5.39. The minimum atomic E-state index is -0.507. The quantitative estimate of drug-likeness (QED) is 0.880. The van der Waals surface area contributed by atoms with Gasteiger partial charge in [0, 0.05) is 32.7 Å². The molecule has 1 aliphatic heterocycles. The van der Waals surface area contributed by atoms with Gasteiger partial charge in [0.05, 0.1) is 0 Å². The normalized spacial score (nSPS) is 14.8. The van der Waals surface area contributed by atoms with Crippen molar-refractivity contribution in [2.45, 2.75) is 32.8 Å². The van der Waals surface area contributed by atoms with Crippen molar-refractivity contribution in [3.63, 3.8) is 0 Å². The molecule has 0 atom stereocenters. The second-order valence-corrected chi connectivity index (χ2v) is 8.07. The number of urea groups is 1. The third kappa shape index (κ3) is 5.15. The van der Waals surface area contributed by atoms with Gasteiger partial charge in [-0.3, -0.25) is 0 Å². The van der Waals surface area contributed by atoms with Crippen molar-refractivity contribution < 1.29 is 14.3 Å². The summed E-state index contributed by atoms with van der Waals surface area (Å²) in [6, 6.07) is 14.5. The molecule has 1 saturated heterocycles. The van der Waals surface area contributed by atoms with E-state index < -0.39 is 5.60 Å². The summed E-state index contributed by atoms with van der Waals surface area (Å²) in [7, 11) is 0. The molecule has 0 aromatic heterocycles. The first-order chi connectivity index (χ1) is 13.3. The van der Waals surface area contributed by atoms with Crippen LogP contribution in [0.2, 0.25) is 0 Å². The van der Waals surface area contributed by atoms with Crippen LogP contribution in [0.5, 0.6) is 0 Å². The fourth-order valence-corrected chi connectivity index (χ4v) is 3.34. The van der Waals surface area contributed by atoms with Gasteiger partial charge in [-0.25, -0.2) is 9.59 Å². The van der Waals surface area contributed by atoms with Gasteiger partial charge >= 0.3 is 12.1 Å². The zero-order valence-corrected chi connectivity index (χ0v) is 16.9. The molecule has 28 heavy (non-hydrogen) atoms. The van der Waals surface area contributed by atoms with Gasteiger partial charge in [0.25, 0.3) is 0 Å². The number of benzene rings is 2. The highest BCUT2D eigenvalue weighted by Crippen LogP contribution is 2.18. The van der Waals surface area contributed by atoms with Crippen LogP contribution in [0.15, 0.2) is 42.5 Å². The Morgan fingerprint density at radius 2 is 1.61 bits per heavy atom. The molecule has 2 aromatic carbocycles. The lowest BCUT2D eigenvalue weighted by Gasteiger charge is -2.35. The number of amides is 3. The Morgan fingerprint density at radius 3 is 2.32 bits per heavy atom. The molecular weight excluding hydrogens is 354 g/mol. The van der Waals surface area contributed by atoms with E-state index in [-0.39, 0.29) is 12.1 Å². The summed E-state index contributed by atoms with van der Waals surface area (Å²) in [6.45, 7) is 8.15. The Morgan fingerprint density at radius 1 is 0.964 bits per heavy atom. The van der Waals surface area contributed by atoms with Crippen LogP contribution in [0.3, 0.4) is 0 Å². The van der Waals surface area contributed by atoms with Crippen molar-refractivity contribution in [1.29, 1.82) is 0 Å². The molecule has 0 unspecified atom stereocenters. The predicted octanol–water partition coefficient (Wildman–Crippen LogP) is 3.64. The van der Waals surface area contributed by atoms with Crippen molar-refractivity contribution >= 4 is 22.9 Å². The lowest BCUT2D eigenvalue weighted by molar-refractivity contribution is 0.0170. The molecule has 1 aliphatic rings. The molecule has 1 heterocycles. The predicted molar refractivity (Wildman–Crippen MR) is 110 cm³/mol. The SMILES string of the molecule is CC(C)(C)OC(=O)N1CCN(C(=O)NCCc2cccc3ccccc23)CC1. The van der Waals surface area contributed by atoms with E-state index in [0.717, 1.165) is 6.42 Å². The summed E-state index contributed by atoms with van der Waals surface area (Å²) in [5.41, 5.74) is 0.723. The van der Waals surface area contributed by atoms with E-state index >= 15 is 0 Å². The Hall–Kier alpha value is -2.76. The van der Waals surface area contributed by atoms with Crippen LogP contribution in [-0.4, -0.2) is 60.2 Å². The average molecular weight is 383 g/mol. The molecule has 3 rings (SSSR count). The number of carbonyl (C=O) groups is 2. The Labute approximate surface area is 166 Å². The van der Waals surface area contributed by atoms with Crippen LogP contribution >= 0.6 is 0 Å². The van der Waals surface area contributed by atoms with Crippen LogP contribution < -0.4 is 5.32 Å². The second-order valence-electron chi connectivity index (χ2n) is 8.07. The molecule has 0 aliphatic carbocycles. The van der Waals surface area contributed by atoms with Crippen molar-refractivity contribution in [3.8, 4) is 0 Å². The average Bonchev–Trinajstić information content (AvgIpc) is 2.67. The molecule has 3 amide bonds. The molecule has 0 bridgehead atoms. The standard InChI is InChI=1S/C22H29N3O3/c1-22(2,3)28-21(27)25-15-13-24(14-16-25)20(26)23-12-11-18-9-6-8-17-7-4-5-10-19(17)18/h4-10H,11-16H2,1-3H3,(H,23,26). The molecule has 1 N–H and O–H groups in total. The van der Waals surface area contributed by atoms with E-state index in [0.29, 0.717) is 32.7 Å². The van der Waals surface area contributed by atoms with Crippen LogP contribution in [0.1, 0.15) is 26.3 Å². The zero-order valence-electron chi connectivity index (χ0n) is 16.9. The van der Waals surface area contributed by atoms with Crippen molar-refractivity contribution in [2.75, 3.05) is 32.7 Å². The van der Waals surface area contributed by atoms with E-state index in [4.69, 9.17) is 4.74 Å². The van der Waals surface area contributed by atoms with E-state index in [1.165, 1.54) is 16.3 Å². The Bertz CT molecular complexity index is 831. The lowest BCUT2D eigenvalue weighted by atomic mass is 10.0. The maximum absolute atomic E-state index is 12.4. The Balaban J connectivity index is 1.45. The highest BCUT2D eigenvalue weighted by Gasteiger charge is 2.27. The summed E-state index contributed by atoms with van der Waals surface area (Å²) in [5, 5.41) is 5.44. The molecule has 6 heteroatoms. The molecule has 0 saturated carbocycles. The van der Waals surface area contributed by atoms with Crippen molar-refractivity contribution in [3.05, 3.63) is 48.0 Å². The first-order valence-corrected chi connectivity index (χ1v) is 9.81. The first kappa shape index (κ1) is 20.0. The van der Waals surface area contributed by atoms with Gasteiger partial charge in [-0.2, -0.15) is 0 Å². The second kappa shape index (κ2) is 8.50. The molecule has 6 nitrogen and oxygen atoms in total. The zero-order chi connectivity index (χ0) is 20.1. The molecule has 2 aromatic rings. The number of carbonyl (C=O) groups excluding carboxylic acids is 2. The summed E-state index contributed by atoms with van der Waals surface area (Å²) in [6.07, 6.45) is 0.467. The van der Waals surface area contributed by atoms with E-state index in [1.54, 1.807) is 9.80 Å². The van der Waals surface area contributed by atoms with Crippen molar-refractivity contribution in [1.82, 2.24) is 15.1 Å². The van der Waals surface area contributed by atoms with Gasteiger partial charge in [-0.05, 0) is 43.5 Å². The van der Waals surface area contributed by atoms with Gasteiger partial charge in [0.15, 0.2) is 0 Å². The highest BCUT2D eigenvalue weighted by molar-refractivity contribution is 5.85. The number of fused-ring (bicyclic) bond motifs is 1. The molecule has 0 spiro atoms. The monoisotopic (exact) mass is 383 g/mol. The highest BCUT2D eigenvalue weighted by atomic mass is 16.6. The minimum absolute atomic E-state index is 0.0796.